The number of hydrogen-bond donors (Lipinski definition) is 0. The summed E-state index contributed by atoms with van der Waals surface area (Å²) in [7, 11) is 0. The van der Waals surface area contributed by atoms with Crippen LogP contribution in [0, 0.1) is 12.7 Å². The first-order valence-electron chi connectivity index (χ1n) is 5.83. The van der Waals surface area contributed by atoms with Crippen LogP contribution in [-0.4, -0.2) is 6.29 Å². The third-order valence-corrected chi connectivity index (χ3v) is 3.98. The maximum Gasteiger partial charge on any atom is 0.153 e. The molecule has 2 aromatic carbocycles. The van der Waals surface area contributed by atoms with Crippen molar-refractivity contribution in [2.75, 3.05) is 0 Å². The fourth-order valence-corrected chi connectivity index (χ4v) is 2.88. The minimum absolute atomic E-state index is 0.254. The van der Waals surface area contributed by atoms with Gasteiger partial charge in [0, 0.05) is 14.5 Å². The number of benzene rings is 2. The molecule has 0 saturated carbocycles. The highest BCUT2D eigenvalue weighted by atomic mass is 79.9. The largest absolute Gasteiger partial charge is 0.488 e. The molecule has 0 aromatic heterocycles. The van der Waals surface area contributed by atoms with E-state index in [1.807, 2.05) is 13.0 Å². The second-order valence-corrected chi connectivity index (χ2v) is 6.05. The average molecular weight is 402 g/mol. The van der Waals surface area contributed by atoms with E-state index in [9.17, 15) is 9.18 Å². The normalized spacial score (nSPS) is 10.4. The van der Waals surface area contributed by atoms with Crippen LogP contribution in [0.15, 0.2) is 39.3 Å². The molecular formula is C15H11Br2FO2. The molecule has 5 heteroatoms. The van der Waals surface area contributed by atoms with Crippen LogP contribution in [-0.2, 0) is 6.61 Å². The number of carbonyl (C=O) groups excluding carboxylic acids is 1. The minimum atomic E-state index is -0.311. The zero-order valence-electron chi connectivity index (χ0n) is 10.6. The SMILES string of the molecule is Cc1cc(Br)cc(C=O)c1OCc1ccc(F)cc1Br. The first kappa shape index (κ1) is 15.2. The molecule has 0 unspecified atom stereocenters. The average Bonchev–Trinajstić information content (AvgIpc) is 2.38. The maximum absolute atomic E-state index is 13.0. The van der Waals surface area contributed by atoms with E-state index in [0.717, 1.165) is 21.9 Å². The number of aryl methyl sites for hydroxylation is 1. The highest BCUT2D eigenvalue weighted by molar-refractivity contribution is 9.10. The van der Waals surface area contributed by atoms with E-state index in [-0.39, 0.29) is 12.4 Å². The van der Waals surface area contributed by atoms with Crippen LogP contribution in [0.5, 0.6) is 5.75 Å². The van der Waals surface area contributed by atoms with E-state index in [1.54, 1.807) is 12.1 Å². The molecule has 0 amide bonds. The molecule has 0 spiro atoms. The zero-order chi connectivity index (χ0) is 14.7. The van der Waals surface area contributed by atoms with Crippen molar-refractivity contribution in [3.63, 3.8) is 0 Å². The van der Waals surface area contributed by atoms with Gasteiger partial charge in [-0.1, -0.05) is 37.9 Å². The van der Waals surface area contributed by atoms with E-state index in [0.29, 0.717) is 15.8 Å². The van der Waals surface area contributed by atoms with Gasteiger partial charge in [0.15, 0.2) is 6.29 Å². The van der Waals surface area contributed by atoms with Gasteiger partial charge in [-0.25, -0.2) is 4.39 Å². The minimum Gasteiger partial charge on any atom is -0.488 e. The number of halogens is 3. The molecule has 2 aromatic rings. The summed E-state index contributed by atoms with van der Waals surface area (Å²) in [5.41, 5.74) is 2.15. The summed E-state index contributed by atoms with van der Waals surface area (Å²) in [6.45, 7) is 2.12. The van der Waals surface area contributed by atoms with Crippen molar-refractivity contribution < 1.29 is 13.9 Å². The van der Waals surface area contributed by atoms with Gasteiger partial charge in [0.05, 0.1) is 5.56 Å². The Morgan fingerprint density at radius 2 is 2.00 bits per heavy atom. The van der Waals surface area contributed by atoms with Gasteiger partial charge in [0.25, 0.3) is 0 Å². The molecule has 0 atom stereocenters. The highest BCUT2D eigenvalue weighted by Gasteiger charge is 2.10. The quantitative estimate of drug-likeness (QED) is 0.670. The van der Waals surface area contributed by atoms with Crippen molar-refractivity contribution in [3.05, 3.63) is 61.8 Å². The maximum atomic E-state index is 13.0. The van der Waals surface area contributed by atoms with Crippen molar-refractivity contribution in [1.29, 1.82) is 0 Å². The summed E-state index contributed by atoms with van der Waals surface area (Å²) in [5.74, 6) is 0.230. The summed E-state index contributed by atoms with van der Waals surface area (Å²) in [6.07, 6.45) is 0.757. The number of aldehydes is 1. The Balaban J connectivity index is 2.25. The third-order valence-electron chi connectivity index (χ3n) is 2.78. The lowest BCUT2D eigenvalue weighted by Crippen LogP contribution is -2.01. The molecule has 0 heterocycles. The first-order chi connectivity index (χ1) is 9.51. The Kier molecular flexibility index (Phi) is 4.94. The topological polar surface area (TPSA) is 26.3 Å². The van der Waals surface area contributed by atoms with Gasteiger partial charge in [-0.05, 0) is 36.8 Å². The van der Waals surface area contributed by atoms with Gasteiger partial charge < -0.3 is 4.74 Å². The van der Waals surface area contributed by atoms with Gasteiger partial charge in [-0.15, -0.1) is 0 Å². The molecule has 0 saturated heterocycles. The van der Waals surface area contributed by atoms with Crippen LogP contribution >= 0.6 is 31.9 Å². The van der Waals surface area contributed by atoms with Crippen molar-refractivity contribution in [3.8, 4) is 5.75 Å². The van der Waals surface area contributed by atoms with Crippen molar-refractivity contribution >= 4 is 38.1 Å². The molecule has 0 bridgehead atoms. The Hall–Kier alpha value is -1.20. The predicted molar refractivity (Wildman–Crippen MR) is 82.7 cm³/mol. The van der Waals surface area contributed by atoms with E-state index < -0.39 is 0 Å². The lowest BCUT2D eigenvalue weighted by atomic mass is 10.1. The fourth-order valence-electron chi connectivity index (χ4n) is 1.83. The second kappa shape index (κ2) is 6.50. The third kappa shape index (κ3) is 3.46. The monoisotopic (exact) mass is 400 g/mol. The van der Waals surface area contributed by atoms with E-state index in [4.69, 9.17) is 4.74 Å². The van der Waals surface area contributed by atoms with E-state index in [1.165, 1.54) is 12.1 Å². The summed E-state index contributed by atoms with van der Waals surface area (Å²) in [5, 5.41) is 0. The number of hydrogen-bond acceptors (Lipinski definition) is 2. The van der Waals surface area contributed by atoms with Crippen LogP contribution in [0.25, 0.3) is 0 Å². The predicted octanol–water partition coefficient (Wildman–Crippen LogP) is 5.05. The summed E-state index contributed by atoms with van der Waals surface area (Å²) < 4.78 is 20.2. The molecule has 0 aliphatic rings. The van der Waals surface area contributed by atoms with Crippen LogP contribution in [0.4, 0.5) is 4.39 Å². The molecule has 0 N–H and O–H groups in total. The smallest absolute Gasteiger partial charge is 0.153 e. The lowest BCUT2D eigenvalue weighted by molar-refractivity contribution is 0.111. The molecule has 20 heavy (non-hydrogen) atoms. The number of carbonyl (C=O) groups is 1. The van der Waals surface area contributed by atoms with Crippen molar-refractivity contribution in [2.24, 2.45) is 0 Å². The molecule has 2 nitrogen and oxygen atoms in total. The van der Waals surface area contributed by atoms with Gasteiger partial charge >= 0.3 is 0 Å². The van der Waals surface area contributed by atoms with Crippen LogP contribution in [0.2, 0.25) is 0 Å². The van der Waals surface area contributed by atoms with Gasteiger partial charge in [0.2, 0.25) is 0 Å². The zero-order valence-corrected chi connectivity index (χ0v) is 13.8. The van der Waals surface area contributed by atoms with Gasteiger partial charge in [-0.3, -0.25) is 4.79 Å². The molecule has 104 valence electrons. The standard InChI is InChI=1S/C15H11Br2FO2/c1-9-4-12(16)5-11(7-19)15(9)20-8-10-2-3-13(18)6-14(10)17/h2-7H,8H2,1H3. The molecule has 0 fully saturated rings. The molecule has 0 aliphatic carbocycles. The second-order valence-electron chi connectivity index (χ2n) is 4.28. The van der Waals surface area contributed by atoms with E-state index in [2.05, 4.69) is 31.9 Å². The first-order valence-corrected chi connectivity index (χ1v) is 7.42. The van der Waals surface area contributed by atoms with Gasteiger partial charge in [0.1, 0.15) is 18.2 Å². The number of ether oxygens (including phenoxy) is 1. The summed E-state index contributed by atoms with van der Waals surface area (Å²) in [6, 6.07) is 7.98. The van der Waals surface area contributed by atoms with E-state index >= 15 is 0 Å². The Bertz CT molecular complexity index is 657. The van der Waals surface area contributed by atoms with Gasteiger partial charge in [-0.2, -0.15) is 0 Å². The fraction of sp³-hybridized carbons (Fsp3) is 0.133. The van der Waals surface area contributed by atoms with Crippen molar-refractivity contribution in [2.45, 2.75) is 13.5 Å². The number of rotatable bonds is 4. The van der Waals surface area contributed by atoms with Crippen molar-refractivity contribution in [1.82, 2.24) is 0 Å². The Morgan fingerprint density at radius 3 is 2.65 bits per heavy atom. The molecule has 0 radical (unpaired) electrons. The van der Waals surface area contributed by atoms with Crippen LogP contribution < -0.4 is 4.74 Å². The molecule has 2 rings (SSSR count). The van der Waals surface area contributed by atoms with Crippen LogP contribution in [0.3, 0.4) is 0 Å². The molecule has 0 aliphatic heterocycles. The Morgan fingerprint density at radius 1 is 1.25 bits per heavy atom. The Labute approximate surface area is 133 Å². The summed E-state index contributed by atoms with van der Waals surface area (Å²) >= 11 is 6.63. The highest BCUT2D eigenvalue weighted by Crippen LogP contribution is 2.28. The lowest BCUT2D eigenvalue weighted by Gasteiger charge is -2.13. The molecular weight excluding hydrogens is 391 g/mol. The van der Waals surface area contributed by atoms with Crippen LogP contribution in [0.1, 0.15) is 21.5 Å². The summed E-state index contributed by atoms with van der Waals surface area (Å²) in [4.78, 5) is 11.1.